The second-order valence-electron chi connectivity index (χ2n) is 5.85. The Morgan fingerprint density at radius 3 is 3.14 bits per heavy atom. The highest BCUT2D eigenvalue weighted by atomic mass is 16.5. The zero-order valence-corrected chi connectivity index (χ0v) is 12.7. The van der Waals surface area contributed by atoms with Gasteiger partial charge in [0, 0.05) is 37.1 Å². The van der Waals surface area contributed by atoms with Gasteiger partial charge < -0.3 is 20.3 Å². The normalized spacial score (nSPS) is 20.2. The minimum atomic E-state index is 0.284. The Morgan fingerprint density at radius 1 is 1.27 bits per heavy atom. The summed E-state index contributed by atoms with van der Waals surface area (Å²) in [7, 11) is 0. The average molecular weight is 296 g/mol. The van der Waals surface area contributed by atoms with Crippen LogP contribution in [0.15, 0.2) is 36.5 Å². The van der Waals surface area contributed by atoms with Crippen LogP contribution in [-0.2, 0) is 11.3 Å². The number of aromatic nitrogens is 1. The second-order valence-corrected chi connectivity index (χ2v) is 5.85. The van der Waals surface area contributed by atoms with Gasteiger partial charge in [0.05, 0.1) is 24.1 Å². The third-order valence-corrected chi connectivity index (χ3v) is 4.22. The van der Waals surface area contributed by atoms with Crippen molar-refractivity contribution >= 4 is 22.9 Å². The molecule has 1 aromatic carbocycles. The molecule has 3 heterocycles. The molecule has 1 unspecified atom stereocenters. The fourth-order valence-corrected chi connectivity index (χ4v) is 3.05. The molecular weight excluding hydrogens is 276 g/mol. The summed E-state index contributed by atoms with van der Waals surface area (Å²) in [6.45, 7) is 5.58. The molecule has 114 valence electrons. The fraction of sp³-hybridized carbons (Fsp3) is 0.353. The van der Waals surface area contributed by atoms with Gasteiger partial charge >= 0.3 is 0 Å². The minimum Gasteiger partial charge on any atom is -0.379 e. The lowest BCUT2D eigenvalue weighted by Gasteiger charge is -2.33. The maximum atomic E-state index is 5.63. The molecule has 0 spiro atoms. The summed E-state index contributed by atoms with van der Waals surface area (Å²) >= 11 is 0. The molecule has 0 bridgehead atoms. The molecule has 0 amide bonds. The van der Waals surface area contributed by atoms with Crippen molar-refractivity contribution in [2.45, 2.75) is 19.6 Å². The highest BCUT2D eigenvalue weighted by molar-refractivity contribution is 5.79. The van der Waals surface area contributed by atoms with Crippen LogP contribution in [0.2, 0.25) is 0 Å². The Kier molecular flexibility index (Phi) is 3.35. The number of hydrogen-bond acceptors (Lipinski definition) is 5. The van der Waals surface area contributed by atoms with Crippen molar-refractivity contribution in [3.8, 4) is 0 Å². The minimum absolute atomic E-state index is 0.284. The van der Waals surface area contributed by atoms with Crippen molar-refractivity contribution in [1.29, 1.82) is 0 Å². The molecule has 5 nitrogen and oxygen atoms in total. The largest absolute Gasteiger partial charge is 0.379 e. The molecule has 2 aromatic rings. The Labute approximate surface area is 130 Å². The summed E-state index contributed by atoms with van der Waals surface area (Å²) in [5.74, 6) is 0.932. The predicted molar refractivity (Wildman–Crippen MR) is 88.9 cm³/mol. The number of fused-ring (bicyclic) bond motifs is 2. The van der Waals surface area contributed by atoms with Crippen molar-refractivity contribution < 1.29 is 4.74 Å². The lowest BCUT2D eigenvalue weighted by atomic mass is 10.2. The van der Waals surface area contributed by atoms with Gasteiger partial charge in [-0.3, -0.25) is 0 Å². The first-order chi connectivity index (χ1) is 10.8. The Morgan fingerprint density at radius 2 is 2.23 bits per heavy atom. The standard InChI is InChI=1S/C17H20N4O/c1-12-11-21(7-8-22-12)14-4-5-15-16(9-14)19-10-13-3-2-6-18-17(13)20-15/h2-6,9,12,19H,7-8,10-11H2,1H3,(H,18,20). The lowest BCUT2D eigenvalue weighted by molar-refractivity contribution is 0.0532. The van der Waals surface area contributed by atoms with Gasteiger partial charge in [-0.2, -0.15) is 0 Å². The maximum absolute atomic E-state index is 5.63. The first kappa shape index (κ1) is 13.4. The van der Waals surface area contributed by atoms with E-state index in [0.717, 1.165) is 43.4 Å². The zero-order valence-electron chi connectivity index (χ0n) is 12.7. The highest BCUT2D eigenvalue weighted by Gasteiger charge is 2.19. The number of rotatable bonds is 1. The molecule has 0 aliphatic carbocycles. The second kappa shape index (κ2) is 5.50. The van der Waals surface area contributed by atoms with E-state index in [1.807, 2.05) is 12.3 Å². The Hall–Kier alpha value is -2.27. The van der Waals surface area contributed by atoms with E-state index in [0.29, 0.717) is 0 Å². The average Bonchev–Trinajstić information content (AvgIpc) is 2.73. The van der Waals surface area contributed by atoms with E-state index in [2.05, 4.69) is 51.7 Å². The number of hydrogen-bond donors (Lipinski definition) is 2. The number of nitrogens with one attached hydrogen (secondary N) is 2. The van der Waals surface area contributed by atoms with Gasteiger partial charge in [0.15, 0.2) is 0 Å². The van der Waals surface area contributed by atoms with Crippen molar-refractivity contribution in [2.75, 3.05) is 35.2 Å². The van der Waals surface area contributed by atoms with Gasteiger partial charge in [-0.25, -0.2) is 4.98 Å². The summed E-state index contributed by atoms with van der Waals surface area (Å²) in [4.78, 5) is 6.80. The number of ether oxygens (including phenoxy) is 1. The van der Waals surface area contributed by atoms with Crippen LogP contribution in [-0.4, -0.2) is 30.8 Å². The molecule has 22 heavy (non-hydrogen) atoms. The van der Waals surface area contributed by atoms with Crippen molar-refractivity contribution in [3.63, 3.8) is 0 Å². The lowest BCUT2D eigenvalue weighted by Crippen LogP contribution is -2.41. The van der Waals surface area contributed by atoms with Crippen molar-refractivity contribution in [3.05, 3.63) is 42.1 Å². The highest BCUT2D eigenvalue weighted by Crippen LogP contribution is 2.34. The van der Waals surface area contributed by atoms with E-state index in [1.165, 1.54) is 11.3 Å². The molecule has 5 heteroatoms. The summed E-state index contributed by atoms with van der Waals surface area (Å²) in [6, 6.07) is 10.6. The summed E-state index contributed by atoms with van der Waals surface area (Å²) in [6.07, 6.45) is 2.10. The molecule has 1 fully saturated rings. The third kappa shape index (κ3) is 2.48. The van der Waals surface area contributed by atoms with Gasteiger partial charge in [-0.15, -0.1) is 0 Å². The number of pyridine rings is 1. The molecule has 2 N–H and O–H groups in total. The molecule has 4 rings (SSSR count). The van der Waals surface area contributed by atoms with Crippen molar-refractivity contribution in [2.24, 2.45) is 0 Å². The molecule has 1 aromatic heterocycles. The van der Waals surface area contributed by atoms with E-state index in [4.69, 9.17) is 4.74 Å². The van der Waals surface area contributed by atoms with Gasteiger partial charge in [-0.1, -0.05) is 6.07 Å². The topological polar surface area (TPSA) is 49.4 Å². The van der Waals surface area contributed by atoms with Crippen LogP contribution in [0.25, 0.3) is 0 Å². The van der Waals surface area contributed by atoms with Crippen LogP contribution < -0.4 is 15.5 Å². The summed E-state index contributed by atoms with van der Waals surface area (Å²) < 4.78 is 5.63. The van der Waals surface area contributed by atoms with Gasteiger partial charge in [-0.05, 0) is 31.2 Å². The van der Waals surface area contributed by atoms with E-state index in [9.17, 15) is 0 Å². The van der Waals surface area contributed by atoms with Gasteiger partial charge in [0.1, 0.15) is 5.82 Å². The smallest absolute Gasteiger partial charge is 0.135 e. The predicted octanol–water partition coefficient (Wildman–Crippen LogP) is 2.98. The zero-order chi connectivity index (χ0) is 14.9. The number of nitrogens with zero attached hydrogens (tertiary/aromatic N) is 2. The van der Waals surface area contributed by atoms with E-state index < -0.39 is 0 Å². The van der Waals surface area contributed by atoms with E-state index in [1.54, 1.807) is 0 Å². The van der Waals surface area contributed by atoms with Crippen LogP contribution in [0.4, 0.5) is 22.9 Å². The van der Waals surface area contributed by atoms with Gasteiger partial charge in [0.25, 0.3) is 0 Å². The quantitative estimate of drug-likeness (QED) is 0.847. The van der Waals surface area contributed by atoms with E-state index in [-0.39, 0.29) is 6.10 Å². The monoisotopic (exact) mass is 296 g/mol. The van der Waals surface area contributed by atoms with Crippen LogP contribution >= 0.6 is 0 Å². The SMILES string of the molecule is CC1CN(c2ccc3c(c2)NCc2cccnc2N3)CCO1. The molecule has 2 aliphatic heterocycles. The number of anilines is 4. The van der Waals surface area contributed by atoms with Crippen LogP contribution in [0.5, 0.6) is 0 Å². The Bertz CT molecular complexity index is 688. The molecular formula is C17H20N4O. The maximum Gasteiger partial charge on any atom is 0.135 e. The molecule has 0 saturated carbocycles. The molecule has 0 radical (unpaired) electrons. The molecule has 1 atom stereocenters. The van der Waals surface area contributed by atoms with E-state index >= 15 is 0 Å². The first-order valence-corrected chi connectivity index (χ1v) is 7.75. The molecule has 2 aliphatic rings. The first-order valence-electron chi connectivity index (χ1n) is 7.75. The number of morpholine rings is 1. The fourth-order valence-electron chi connectivity index (χ4n) is 3.05. The van der Waals surface area contributed by atoms with Gasteiger partial charge in [0.2, 0.25) is 0 Å². The van der Waals surface area contributed by atoms with Crippen LogP contribution in [0.3, 0.4) is 0 Å². The van der Waals surface area contributed by atoms with Crippen LogP contribution in [0.1, 0.15) is 12.5 Å². The Balaban J connectivity index is 1.63. The number of benzene rings is 1. The third-order valence-electron chi connectivity index (χ3n) is 4.22. The molecule has 1 saturated heterocycles. The summed E-state index contributed by atoms with van der Waals surface area (Å²) in [5.41, 5.74) is 4.61. The van der Waals surface area contributed by atoms with Crippen LogP contribution in [0, 0.1) is 0 Å². The summed E-state index contributed by atoms with van der Waals surface area (Å²) in [5, 5.41) is 6.94. The van der Waals surface area contributed by atoms with Crippen molar-refractivity contribution in [1.82, 2.24) is 4.98 Å².